The van der Waals surface area contributed by atoms with Crippen molar-refractivity contribution in [1.82, 2.24) is 9.80 Å². The van der Waals surface area contributed by atoms with Gasteiger partial charge in [-0.2, -0.15) is 0 Å². The van der Waals surface area contributed by atoms with E-state index in [9.17, 15) is 0 Å². The van der Waals surface area contributed by atoms with E-state index in [4.69, 9.17) is 19.8 Å². The van der Waals surface area contributed by atoms with Gasteiger partial charge in [0.05, 0.1) is 0 Å². The number of allylic oxidation sites excluding steroid dienone is 2. The van der Waals surface area contributed by atoms with E-state index < -0.39 is 11.9 Å². The van der Waals surface area contributed by atoms with E-state index in [1.165, 1.54) is 52.0 Å². The zero-order valence-electron chi connectivity index (χ0n) is 13.6. The number of hydrogen-bond acceptors (Lipinski definition) is 4. The molecule has 1 aliphatic carbocycles. The molecule has 1 aliphatic heterocycles. The van der Waals surface area contributed by atoms with Gasteiger partial charge < -0.3 is 15.1 Å². The number of piperazine rings is 1. The molecule has 0 radical (unpaired) electrons. The zero-order chi connectivity index (χ0) is 16.5. The molecule has 1 atom stereocenters. The first-order valence-electron chi connectivity index (χ1n) is 7.97. The highest BCUT2D eigenvalue weighted by atomic mass is 16.4. The van der Waals surface area contributed by atoms with Crippen LogP contribution in [0.5, 0.6) is 0 Å². The second-order valence-electron chi connectivity index (χ2n) is 6.19. The predicted octanol–water partition coefficient (Wildman–Crippen LogP) is 1.52. The van der Waals surface area contributed by atoms with Crippen LogP contribution in [0.1, 0.15) is 33.1 Å². The fourth-order valence-corrected chi connectivity index (χ4v) is 2.85. The highest BCUT2D eigenvalue weighted by Crippen LogP contribution is 2.20. The van der Waals surface area contributed by atoms with Crippen LogP contribution in [0.25, 0.3) is 0 Å². The topological polar surface area (TPSA) is 81.1 Å². The Morgan fingerprint density at radius 3 is 2.09 bits per heavy atom. The van der Waals surface area contributed by atoms with Gasteiger partial charge in [-0.15, -0.1) is 0 Å². The fraction of sp³-hybridized carbons (Fsp3) is 0.750. The molecule has 1 unspecified atom stereocenters. The highest BCUT2D eigenvalue weighted by molar-refractivity contribution is 6.27. The lowest BCUT2D eigenvalue weighted by Gasteiger charge is -2.38. The summed E-state index contributed by atoms with van der Waals surface area (Å²) in [4.78, 5) is 23.5. The third-order valence-electron chi connectivity index (χ3n) is 4.21. The van der Waals surface area contributed by atoms with E-state index in [0.717, 1.165) is 12.0 Å². The van der Waals surface area contributed by atoms with Crippen molar-refractivity contribution in [2.75, 3.05) is 32.7 Å². The van der Waals surface area contributed by atoms with Crippen molar-refractivity contribution in [3.05, 3.63) is 12.2 Å². The molecule has 2 aliphatic rings. The Kier molecular flexibility index (Phi) is 8.12. The molecule has 0 bridgehead atoms. The minimum Gasteiger partial charge on any atom is -0.473 e. The fourth-order valence-electron chi connectivity index (χ4n) is 2.85. The van der Waals surface area contributed by atoms with Gasteiger partial charge in [-0.25, -0.2) is 9.59 Å². The molecular weight excluding hydrogens is 284 g/mol. The first-order chi connectivity index (χ1) is 10.4. The van der Waals surface area contributed by atoms with E-state index in [2.05, 4.69) is 35.8 Å². The van der Waals surface area contributed by atoms with Crippen molar-refractivity contribution in [2.24, 2.45) is 5.92 Å². The van der Waals surface area contributed by atoms with Crippen LogP contribution in [0.15, 0.2) is 12.2 Å². The highest BCUT2D eigenvalue weighted by Gasteiger charge is 2.21. The maximum atomic E-state index is 9.10. The van der Waals surface area contributed by atoms with E-state index in [1.54, 1.807) is 0 Å². The maximum absolute atomic E-state index is 9.10. The summed E-state index contributed by atoms with van der Waals surface area (Å²) in [5.74, 6) is -2.72. The molecule has 0 aromatic carbocycles. The number of carbonyl (C=O) groups is 2. The Bertz CT molecular complexity index is 376. The lowest BCUT2D eigenvalue weighted by atomic mass is 9.94. The summed E-state index contributed by atoms with van der Waals surface area (Å²) in [6.45, 7) is 11.0. The monoisotopic (exact) mass is 312 g/mol. The minimum absolute atomic E-state index is 0.722. The third kappa shape index (κ3) is 7.04. The first-order valence-corrected chi connectivity index (χ1v) is 7.97. The number of rotatable bonds is 3. The molecule has 126 valence electrons. The molecule has 2 rings (SSSR count). The first kappa shape index (κ1) is 18.6. The Balaban J connectivity index is 0.000000346. The van der Waals surface area contributed by atoms with Crippen molar-refractivity contribution in [2.45, 2.75) is 39.2 Å². The molecule has 0 spiro atoms. The van der Waals surface area contributed by atoms with Crippen LogP contribution in [0, 0.1) is 5.92 Å². The van der Waals surface area contributed by atoms with Gasteiger partial charge >= 0.3 is 11.9 Å². The maximum Gasteiger partial charge on any atom is 0.414 e. The van der Waals surface area contributed by atoms with Crippen molar-refractivity contribution in [1.29, 1.82) is 0 Å². The smallest absolute Gasteiger partial charge is 0.414 e. The van der Waals surface area contributed by atoms with Gasteiger partial charge in [0.15, 0.2) is 0 Å². The summed E-state index contributed by atoms with van der Waals surface area (Å²) < 4.78 is 0. The average Bonchev–Trinajstić information content (AvgIpc) is 2.49. The largest absolute Gasteiger partial charge is 0.473 e. The molecule has 1 fully saturated rings. The third-order valence-corrected chi connectivity index (χ3v) is 4.21. The van der Waals surface area contributed by atoms with Crippen LogP contribution in [0.3, 0.4) is 0 Å². The van der Waals surface area contributed by atoms with E-state index >= 15 is 0 Å². The SMILES string of the molecule is CC(C)N1CCN(CC2CC=CCC2)CC1.O=C(O)C(=O)O. The van der Waals surface area contributed by atoms with Gasteiger partial charge in [0.1, 0.15) is 0 Å². The van der Waals surface area contributed by atoms with Crippen molar-refractivity contribution in [3.63, 3.8) is 0 Å². The molecule has 22 heavy (non-hydrogen) atoms. The zero-order valence-corrected chi connectivity index (χ0v) is 13.6. The second-order valence-corrected chi connectivity index (χ2v) is 6.19. The quantitative estimate of drug-likeness (QED) is 0.607. The Hall–Kier alpha value is -1.40. The molecule has 1 heterocycles. The van der Waals surface area contributed by atoms with Gasteiger partial charge in [-0.3, -0.25) is 4.90 Å². The molecule has 0 amide bonds. The van der Waals surface area contributed by atoms with Crippen LogP contribution >= 0.6 is 0 Å². The lowest BCUT2D eigenvalue weighted by Crippen LogP contribution is -2.49. The van der Waals surface area contributed by atoms with Gasteiger partial charge in [0.25, 0.3) is 0 Å². The van der Waals surface area contributed by atoms with Crippen LogP contribution in [-0.2, 0) is 9.59 Å². The molecule has 6 heteroatoms. The summed E-state index contributed by atoms with van der Waals surface area (Å²) in [7, 11) is 0. The number of carboxylic acid groups (broad SMARTS) is 2. The number of aliphatic carboxylic acids is 2. The van der Waals surface area contributed by atoms with Crippen LogP contribution < -0.4 is 0 Å². The molecular formula is C16H28N2O4. The van der Waals surface area contributed by atoms with Gasteiger partial charge in [-0.1, -0.05) is 12.2 Å². The van der Waals surface area contributed by atoms with E-state index in [1.807, 2.05) is 0 Å². The normalized spacial score (nSPS) is 23.0. The summed E-state index contributed by atoms with van der Waals surface area (Å²) in [6, 6.07) is 0.722. The average molecular weight is 312 g/mol. The molecule has 6 nitrogen and oxygen atoms in total. The van der Waals surface area contributed by atoms with Gasteiger partial charge in [0, 0.05) is 38.8 Å². The predicted molar refractivity (Wildman–Crippen MR) is 84.9 cm³/mol. The van der Waals surface area contributed by atoms with Gasteiger partial charge in [-0.05, 0) is 39.0 Å². The van der Waals surface area contributed by atoms with Crippen molar-refractivity contribution in [3.8, 4) is 0 Å². The van der Waals surface area contributed by atoms with Crippen molar-refractivity contribution >= 4 is 11.9 Å². The van der Waals surface area contributed by atoms with E-state index in [0.29, 0.717) is 0 Å². The second kappa shape index (κ2) is 9.58. The van der Waals surface area contributed by atoms with Crippen LogP contribution in [-0.4, -0.2) is 70.7 Å². The summed E-state index contributed by atoms with van der Waals surface area (Å²) >= 11 is 0. The van der Waals surface area contributed by atoms with Crippen LogP contribution in [0.2, 0.25) is 0 Å². The van der Waals surface area contributed by atoms with Crippen LogP contribution in [0.4, 0.5) is 0 Å². The molecule has 2 N–H and O–H groups in total. The molecule has 0 aromatic rings. The number of carboxylic acids is 2. The summed E-state index contributed by atoms with van der Waals surface area (Å²) in [6.07, 6.45) is 8.73. The molecule has 1 saturated heterocycles. The lowest BCUT2D eigenvalue weighted by molar-refractivity contribution is -0.159. The Morgan fingerprint density at radius 2 is 1.68 bits per heavy atom. The summed E-state index contributed by atoms with van der Waals surface area (Å²) in [5, 5.41) is 14.8. The standard InChI is InChI=1S/C14H26N2.C2H2O4/c1-13(2)16-10-8-15(9-11-16)12-14-6-4-3-5-7-14;3-1(4)2(5)6/h3-4,13-14H,5-12H2,1-2H3;(H,3,4)(H,5,6). The Morgan fingerprint density at radius 1 is 1.09 bits per heavy atom. The van der Waals surface area contributed by atoms with Gasteiger partial charge in [0.2, 0.25) is 0 Å². The van der Waals surface area contributed by atoms with E-state index in [-0.39, 0.29) is 0 Å². The minimum atomic E-state index is -1.82. The molecule has 0 aromatic heterocycles. The van der Waals surface area contributed by atoms with Crippen molar-refractivity contribution < 1.29 is 19.8 Å². The number of nitrogens with zero attached hydrogens (tertiary/aromatic N) is 2. The Labute approximate surface area is 132 Å². The molecule has 0 saturated carbocycles. The summed E-state index contributed by atoms with van der Waals surface area (Å²) in [5.41, 5.74) is 0. The number of hydrogen-bond donors (Lipinski definition) is 2.